The number of hydrogen-bond acceptors (Lipinski definition) is 7. The number of nitrogens with one attached hydrogen (secondary N) is 1. The summed E-state index contributed by atoms with van der Waals surface area (Å²) in [6.45, 7) is 0.0704. The summed E-state index contributed by atoms with van der Waals surface area (Å²) in [5.41, 5.74) is 0.467. The van der Waals surface area contributed by atoms with E-state index >= 15 is 0 Å². The van der Waals surface area contributed by atoms with Crippen LogP contribution >= 0.6 is 11.3 Å². The summed E-state index contributed by atoms with van der Waals surface area (Å²) in [7, 11) is -3.28. The highest BCUT2D eigenvalue weighted by Gasteiger charge is 2.13. The Labute approximate surface area is 153 Å². The third kappa shape index (κ3) is 4.27. The van der Waals surface area contributed by atoms with Gasteiger partial charge in [0.2, 0.25) is 5.91 Å². The minimum atomic E-state index is -3.28. The molecule has 10 heteroatoms. The van der Waals surface area contributed by atoms with Crippen LogP contribution in [-0.2, 0) is 21.2 Å². The standard InChI is InChI=1S/C16H15N3O5S2/c1-26(22,23)12-6-4-11(5-7-12)17-14(20)8-9-19-16(21)24-15(18-19)13-3-2-10-25-13/h2-7,10H,8-9H2,1H3,(H,17,20). The molecule has 1 N–H and O–H groups in total. The molecule has 0 bridgehead atoms. The molecule has 0 saturated heterocycles. The molecule has 0 saturated carbocycles. The number of sulfone groups is 1. The number of benzene rings is 1. The highest BCUT2D eigenvalue weighted by molar-refractivity contribution is 7.90. The van der Waals surface area contributed by atoms with E-state index in [1.165, 1.54) is 35.6 Å². The van der Waals surface area contributed by atoms with Crippen molar-refractivity contribution >= 4 is 32.8 Å². The largest absolute Gasteiger partial charge is 0.437 e. The Balaban J connectivity index is 1.60. The van der Waals surface area contributed by atoms with Crippen LogP contribution in [0.25, 0.3) is 10.8 Å². The van der Waals surface area contributed by atoms with Gasteiger partial charge < -0.3 is 9.73 Å². The van der Waals surface area contributed by atoms with Crippen molar-refractivity contribution in [1.29, 1.82) is 0 Å². The molecule has 3 aromatic rings. The Hall–Kier alpha value is -2.72. The van der Waals surface area contributed by atoms with Crippen LogP contribution in [0, 0.1) is 0 Å². The fourth-order valence-corrected chi connectivity index (χ4v) is 3.44. The maximum absolute atomic E-state index is 12.0. The smallest absolute Gasteiger partial charge is 0.387 e. The molecule has 2 heterocycles. The predicted octanol–water partition coefficient (Wildman–Crippen LogP) is 2.00. The molecule has 0 aliphatic rings. The third-order valence-electron chi connectivity index (χ3n) is 3.46. The second-order valence-corrected chi connectivity index (χ2v) is 8.43. The molecule has 0 aliphatic carbocycles. The number of aryl methyl sites for hydroxylation is 1. The Morgan fingerprint density at radius 1 is 1.27 bits per heavy atom. The first-order valence-electron chi connectivity index (χ1n) is 7.55. The Bertz CT molecular complexity index is 1060. The number of anilines is 1. The van der Waals surface area contributed by atoms with Gasteiger partial charge in [0.05, 0.1) is 16.3 Å². The molecule has 0 atom stereocenters. The van der Waals surface area contributed by atoms with E-state index in [4.69, 9.17) is 4.42 Å². The second-order valence-electron chi connectivity index (χ2n) is 5.47. The van der Waals surface area contributed by atoms with E-state index in [9.17, 15) is 18.0 Å². The van der Waals surface area contributed by atoms with Crippen molar-refractivity contribution in [2.24, 2.45) is 0 Å². The van der Waals surface area contributed by atoms with Gasteiger partial charge in [-0.15, -0.1) is 16.4 Å². The highest BCUT2D eigenvalue weighted by Crippen LogP contribution is 2.21. The van der Waals surface area contributed by atoms with Gasteiger partial charge in [-0.3, -0.25) is 4.79 Å². The molecule has 2 aromatic heterocycles. The zero-order valence-electron chi connectivity index (χ0n) is 13.7. The number of carbonyl (C=O) groups is 1. The van der Waals surface area contributed by atoms with Crippen LogP contribution in [0.1, 0.15) is 6.42 Å². The number of hydrogen-bond donors (Lipinski definition) is 1. The van der Waals surface area contributed by atoms with E-state index in [2.05, 4.69) is 10.4 Å². The average Bonchev–Trinajstić information content (AvgIpc) is 3.22. The van der Waals surface area contributed by atoms with E-state index < -0.39 is 15.6 Å². The minimum Gasteiger partial charge on any atom is -0.387 e. The fourth-order valence-electron chi connectivity index (χ4n) is 2.16. The molecule has 136 valence electrons. The normalized spacial score (nSPS) is 11.4. The van der Waals surface area contributed by atoms with Crippen LogP contribution in [0.4, 0.5) is 5.69 Å². The predicted molar refractivity (Wildman–Crippen MR) is 96.9 cm³/mol. The van der Waals surface area contributed by atoms with E-state index in [-0.39, 0.29) is 29.7 Å². The Kier molecular flexibility index (Phi) is 5.05. The minimum absolute atomic E-state index is 0.0180. The summed E-state index contributed by atoms with van der Waals surface area (Å²) in [5.74, 6) is -0.731. The van der Waals surface area contributed by atoms with Crippen molar-refractivity contribution in [3.8, 4) is 10.8 Å². The first-order chi connectivity index (χ1) is 12.3. The molecule has 8 nitrogen and oxygen atoms in total. The van der Waals surface area contributed by atoms with Crippen molar-refractivity contribution in [3.05, 3.63) is 52.3 Å². The van der Waals surface area contributed by atoms with Crippen molar-refractivity contribution in [1.82, 2.24) is 9.78 Å². The topological polar surface area (TPSA) is 111 Å². The summed E-state index contributed by atoms with van der Waals surface area (Å²) in [6.07, 6.45) is 1.13. The molecule has 0 radical (unpaired) electrons. The first-order valence-corrected chi connectivity index (χ1v) is 10.3. The molecular formula is C16H15N3O5S2. The SMILES string of the molecule is CS(=O)(=O)c1ccc(NC(=O)CCn2nc(-c3cccs3)oc2=O)cc1. The van der Waals surface area contributed by atoms with Crippen LogP contribution in [0.3, 0.4) is 0 Å². The molecule has 1 aromatic carbocycles. The zero-order chi connectivity index (χ0) is 18.7. The first kappa shape index (κ1) is 18.1. The van der Waals surface area contributed by atoms with Crippen molar-refractivity contribution < 1.29 is 17.6 Å². The number of rotatable bonds is 6. The van der Waals surface area contributed by atoms with Gasteiger partial charge in [-0.05, 0) is 35.7 Å². The van der Waals surface area contributed by atoms with E-state index in [0.717, 1.165) is 15.8 Å². The van der Waals surface area contributed by atoms with Crippen LogP contribution < -0.4 is 11.1 Å². The molecule has 3 rings (SSSR count). The lowest BCUT2D eigenvalue weighted by atomic mass is 10.3. The summed E-state index contributed by atoms with van der Waals surface area (Å²) in [4.78, 5) is 24.7. The summed E-state index contributed by atoms with van der Waals surface area (Å²) in [6, 6.07) is 9.45. The number of carbonyl (C=O) groups excluding carboxylic acids is 1. The molecule has 0 aliphatic heterocycles. The monoisotopic (exact) mass is 393 g/mol. The van der Waals surface area contributed by atoms with Crippen molar-refractivity contribution in [2.45, 2.75) is 17.9 Å². The molecular weight excluding hydrogens is 378 g/mol. The van der Waals surface area contributed by atoms with Crippen LogP contribution in [0.15, 0.2) is 55.9 Å². The van der Waals surface area contributed by atoms with Gasteiger partial charge in [0, 0.05) is 18.4 Å². The van der Waals surface area contributed by atoms with Gasteiger partial charge in [0.15, 0.2) is 9.84 Å². The number of thiophene rings is 1. The highest BCUT2D eigenvalue weighted by atomic mass is 32.2. The lowest BCUT2D eigenvalue weighted by Crippen LogP contribution is -2.20. The van der Waals surface area contributed by atoms with Crippen molar-refractivity contribution in [3.63, 3.8) is 0 Å². The lowest BCUT2D eigenvalue weighted by Gasteiger charge is -2.05. The maximum atomic E-state index is 12.0. The van der Waals surface area contributed by atoms with Gasteiger partial charge in [-0.25, -0.2) is 13.2 Å². The zero-order valence-corrected chi connectivity index (χ0v) is 15.3. The molecule has 0 unspecified atom stereocenters. The average molecular weight is 393 g/mol. The van der Waals surface area contributed by atoms with Gasteiger partial charge in [0.1, 0.15) is 0 Å². The van der Waals surface area contributed by atoms with Gasteiger partial charge in [-0.1, -0.05) is 6.07 Å². The van der Waals surface area contributed by atoms with Gasteiger partial charge in [-0.2, -0.15) is 4.68 Å². The van der Waals surface area contributed by atoms with E-state index in [0.29, 0.717) is 5.69 Å². The molecule has 0 fully saturated rings. The lowest BCUT2D eigenvalue weighted by molar-refractivity contribution is -0.116. The van der Waals surface area contributed by atoms with Crippen molar-refractivity contribution in [2.75, 3.05) is 11.6 Å². The summed E-state index contributed by atoms with van der Waals surface area (Å²) < 4.78 is 29.0. The molecule has 0 spiro atoms. The summed E-state index contributed by atoms with van der Waals surface area (Å²) in [5, 5.41) is 8.55. The Morgan fingerprint density at radius 3 is 2.62 bits per heavy atom. The number of amides is 1. The van der Waals surface area contributed by atoms with E-state index in [1.807, 2.05) is 11.4 Å². The molecule has 1 amide bonds. The van der Waals surface area contributed by atoms with Crippen LogP contribution in [0.5, 0.6) is 0 Å². The van der Waals surface area contributed by atoms with Crippen LogP contribution in [0.2, 0.25) is 0 Å². The van der Waals surface area contributed by atoms with Gasteiger partial charge >= 0.3 is 5.76 Å². The third-order valence-corrected chi connectivity index (χ3v) is 5.44. The number of aromatic nitrogens is 2. The number of nitrogens with zero attached hydrogens (tertiary/aromatic N) is 2. The summed E-state index contributed by atoms with van der Waals surface area (Å²) >= 11 is 1.40. The van der Waals surface area contributed by atoms with Crippen LogP contribution in [-0.4, -0.2) is 30.4 Å². The fraction of sp³-hybridized carbons (Fsp3) is 0.188. The second kappa shape index (κ2) is 7.26. The Morgan fingerprint density at radius 2 is 2.00 bits per heavy atom. The quantitative estimate of drug-likeness (QED) is 0.686. The molecule has 26 heavy (non-hydrogen) atoms. The van der Waals surface area contributed by atoms with Gasteiger partial charge in [0.25, 0.3) is 5.89 Å². The van der Waals surface area contributed by atoms with E-state index in [1.54, 1.807) is 6.07 Å². The maximum Gasteiger partial charge on any atom is 0.437 e.